The average molecular weight is 343 g/mol. The Morgan fingerprint density at radius 3 is 2.67 bits per heavy atom. The smallest absolute Gasteiger partial charge is 0.261 e. The second-order valence-corrected chi connectivity index (χ2v) is 6.17. The van der Waals surface area contributed by atoms with Crippen LogP contribution >= 0.6 is 15.9 Å². The van der Waals surface area contributed by atoms with Crippen LogP contribution in [0, 0.1) is 13.8 Å². The van der Waals surface area contributed by atoms with Gasteiger partial charge >= 0.3 is 0 Å². The van der Waals surface area contributed by atoms with Crippen molar-refractivity contribution in [1.82, 2.24) is 9.55 Å². The van der Waals surface area contributed by atoms with Gasteiger partial charge in [-0.3, -0.25) is 9.36 Å². The normalized spacial score (nSPS) is 11.0. The van der Waals surface area contributed by atoms with E-state index in [2.05, 4.69) is 53.0 Å². The monoisotopic (exact) mass is 342 g/mol. The van der Waals surface area contributed by atoms with Crippen LogP contribution in [0.5, 0.6) is 0 Å². The van der Waals surface area contributed by atoms with E-state index in [4.69, 9.17) is 0 Å². The molecule has 0 saturated heterocycles. The Balaban J connectivity index is 2.05. The number of hydrogen-bond donors (Lipinski definition) is 0. The number of aromatic nitrogens is 2. The minimum absolute atomic E-state index is 0.00859. The second kappa shape index (κ2) is 5.45. The summed E-state index contributed by atoms with van der Waals surface area (Å²) in [4.78, 5) is 16.9. The first-order valence-electron chi connectivity index (χ1n) is 6.75. The lowest BCUT2D eigenvalue weighted by atomic mass is 10.1. The highest BCUT2D eigenvalue weighted by Gasteiger charge is 2.05. The summed E-state index contributed by atoms with van der Waals surface area (Å²) < 4.78 is 2.58. The van der Waals surface area contributed by atoms with Crippen LogP contribution in [0.15, 0.2) is 52.0 Å². The fraction of sp³-hybridized carbons (Fsp3) is 0.176. The van der Waals surface area contributed by atoms with Crippen LogP contribution in [0.4, 0.5) is 0 Å². The van der Waals surface area contributed by atoms with Crippen LogP contribution < -0.4 is 5.56 Å². The first-order valence-corrected chi connectivity index (χ1v) is 7.55. The number of halogens is 1. The lowest BCUT2D eigenvalue weighted by Crippen LogP contribution is -2.21. The van der Waals surface area contributed by atoms with Gasteiger partial charge in [0.2, 0.25) is 0 Å². The maximum atomic E-state index is 12.5. The molecule has 0 unspecified atom stereocenters. The van der Waals surface area contributed by atoms with Gasteiger partial charge in [-0.1, -0.05) is 34.1 Å². The van der Waals surface area contributed by atoms with Crippen LogP contribution in [0.3, 0.4) is 0 Å². The van der Waals surface area contributed by atoms with Gasteiger partial charge in [0.1, 0.15) is 0 Å². The Hall–Kier alpha value is -1.94. The molecule has 0 atom stereocenters. The van der Waals surface area contributed by atoms with E-state index in [1.165, 1.54) is 11.1 Å². The molecule has 3 aromatic rings. The summed E-state index contributed by atoms with van der Waals surface area (Å²) >= 11 is 3.40. The molecule has 2 aromatic carbocycles. The second-order valence-electron chi connectivity index (χ2n) is 5.26. The fourth-order valence-corrected chi connectivity index (χ4v) is 2.69. The third-order valence-electron chi connectivity index (χ3n) is 3.71. The summed E-state index contributed by atoms with van der Waals surface area (Å²) in [5.74, 6) is 0. The molecule has 0 aliphatic heterocycles. The van der Waals surface area contributed by atoms with Crippen molar-refractivity contribution in [2.24, 2.45) is 0 Å². The molecule has 0 radical (unpaired) electrons. The van der Waals surface area contributed by atoms with E-state index in [1.807, 2.05) is 18.2 Å². The van der Waals surface area contributed by atoms with E-state index in [0.29, 0.717) is 17.4 Å². The molecule has 0 bridgehead atoms. The largest absolute Gasteiger partial charge is 0.294 e. The Morgan fingerprint density at radius 1 is 1.10 bits per heavy atom. The van der Waals surface area contributed by atoms with Crippen LogP contribution in [-0.4, -0.2) is 9.55 Å². The van der Waals surface area contributed by atoms with Gasteiger partial charge in [-0.15, -0.1) is 0 Å². The molecule has 1 heterocycles. The molecule has 106 valence electrons. The van der Waals surface area contributed by atoms with Crippen LogP contribution in [-0.2, 0) is 6.54 Å². The van der Waals surface area contributed by atoms with E-state index in [1.54, 1.807) is 10.9 Å². The number of benzene rings is 2. The SMILES string of the molecule is Cc1ccc(Cn2cnc3cc(Br)ccc3c2=O)cc1C. The number of hydrogen-bond acceptors (Lipinski definition) is 2. The molecule has 3 nitrogen and oxygen atoms in total. The minimum Gasteiger partial charge on any atom is -0.294 e. The average Bonchev–Trinajstić information content (AvgIpc) is 2.46. The zero-order valence-electron chi connectivity index (χ0n) is 11.9. The molecule has 0 amide bonds. The third-order valence-corrected chi connectivity index (χ3v) is 4.20. The lowest BCUT2D eigenvalue weighted by Gasteiger charge is -2.09. The van der Waals surface area contributed by atoms with Crippen LogP contribution in [0.25, 0.3) is 10.9 Å². The molecule has 0 N–H and O–H groups in total. The number of rotatable bonds is 2. The van der Waals surface area contributed by atoms with Crippen molar-refractivity contribution in [2.75, 3.05) is 0 Å². The molecule has 0 aliphatic rings. The summed E-state index contributed by atoms with van der Waals surface area (Å²) in [5, 5.41) is 0.643. The molecule has 0 aliphatic carbocycles. The van der Waals surface area contributed by atoms with E-state index < -0.39 is 0 Å². The Bertz CT molecular complexity index is 884. The summed E-state index contributed by atoms with van der Waals surface area (Å²) in [6.45, 7) is 4.71. The van der Waals surface area contributed by atoms with Gasteiger partial charge in [0.05, 0.1) is 23.8 Å². The third kappa shape index (κ3) is 2.76. The lowest BCUT2D eigenvalue weighted by molar-refractivity contribution is 0.747. The van der Waals surface area contributed by atoms with Crippen molar-refractivity contribution in [3.8, 4) is 0 Å². The Kier molecular flexibility index (Phi) is 3.64. The molecule has 0 spiro atoms. The van der Waals surface area contributed by atoms with Gasteiger partial charge in [-0.2, -0.15) is 0 Å². The van der Waals surface area contributed by atoms with Crippen molar-refractivity contribution in [3.63, 3.8) is 0 Å². The zero-order valence-corrected chi connectivity index (χ0v) is 13.5. The van der Waals surface area contributed by atoms with E-state index in [9.17, 15) is 4.79 Å². The van der Waals surface area contributed by atoms with E-state index in [-0.39, 0.29) is 5.56 Å². The van der Waals surface area contributed by atoms with Crippen molar-refractivity contribution < 1.29 is 0 Å². The fourth-order valence-electron chi connectivity index (χ4n) is 2.34. The highest BCUT2D eigenvalue weighted by Crippen LogP contribution is 2.15. The van der Waals surface area contributed by atoms with Gasteiger partial charge in [-0.05, 0) is 48.7 Å². The quantitative estimate of drug-likeness (QED) is 0.709. The summed E-state index contributed by atoms with van der Waals surface area (Å²) in [7, 11) is 0. The highest BCUT2D eigenvalue weighted by molar-refractivity contribution is 9.10. The van der Waals surface area contributed by atoms with Gasteiger partial charge in [0, 0.05) is 4.47 Å². The minimum atomic E-state index is -0.00859. The van der Waals surface area contributed by atoms with Crippen molar-refractivity contribution in [2.45, 2.75) is 20.4 Å². The predicted molar refractivity (Wildman–Crippen MR) is 88.7 cm³/mol. The highest BCUT2D eigenvalue weighted by atomic mass is 79.9. The summed E-state index contributed by atoms with van der Waals surface area (Å²) in [6.07, 6.45) is 1.62. The van der Waals surface area contributed by atoms with E-state index >= 15 is 0 Å². The molecule has 0 saturated carbocycles. The number of nitrogens with zero attached hydrogens (tertiary/aromatic N) is 2. The Labute approximate surface area is 131 Å². The van der Waals surface area contributed by atoms with Gasteiger partial charge in [-0.25, -0.2) is 4.98 Å². The van der Waals surface area contributed by atoms with Crippen molar-refractivity contribution in [3.05, 3.63) is 74.2 Å². The molecule has 0 fully saturated rings. The first kappa shape index (κ1) is 14.0. The van der Waals surface area contributed by atoms with Crippen molar-refractivity contribution in [1.29, 1.82) is 0 Å². The molecular formula is C17H15BrN2O. The molecule has 3 rings (SSSR count). The standard InChI is InChI=1S/C17H15BrN2O/c1-11-3-4-13(7-12(11)2)9-20-10-19-16-8-14(18)5-6-15(16)17(20)21/h3-8,10H,9H2,1-2H3. The first-order chi connectivity index (χ1) is 10.0. The van der Waals surface area contributed by atoms with Gasteiger partial charge in [0.15, 0.2) is 0 Å². The summed E-state index contributed by atoms with van der Waals surface area (Å²) in [5.41, 5.74) is 4.31. The molecular weight excluding hydrogens is 328 g/mol. The number of aryl methyl sites for hydroxylation is 2. The van der Waals surface area contributed by atoms with Crippen LogP contribution in [0.2, 0.25) is 0 Å². The topological polar surface area (TPSA) is 34.9 Å². The molecule has 1 aromatic heterocycles. The molecule has 4 heteroatoms. The molecule has 21 heavy (non-hydrogen) atoms. The summed E-state index contributed by atoms with van der Waals surface area (Å²) in [6, 6.07) is 11.8. The zero-order chi connectivity index (χ0) is 15.0. The van der Waals surface area contributed by atoms with E-state index in [0.717, 1.165) is 10.0 Å². The maximum absolute atomic E-state index is 12.5. The maximum Gasteiger partial charge on any atom is 0.261 e. The predicted octanol–water partition coefficient (Wildman–Crippen LogP) is 3.82. The van der Waals surface area contributed by atoms with Crippen LogP contribution in [0.1, 0.15) is 16.7 Å². The van der Waals surface area contributed by atoms with Gasteiger partial charge < -0.3 is 0 Å². The Morgan fingerprint density at radius 2 is 1.90 bits per heavy atom. The van der Waals surface area contributed by atoms with Crippen molar-refractivity contribution >= 4 is 26.8 Å². The van der Waals surface area contributed by atoms with Gasteiger partial charge in [0.25, 0.3) is 5.56 Å². The number of fused-ring (bicyclic) bond motifs is 1.